The van der Waals surface area contributed by atoms with Gasteiger partial charge in [-0.2, -0.15) is 0 Å². The van der Waals surface area contributed by atoms with Crippen molar-refractivity contribution in [1.29, 1.82) is 0 Å². The molecule has 5 heteroatoms. The fraction of sp³-hybridized carbons (Fsp3) is 0.462. The first-order chi connectivity index (χ1) is 8.58. The summed E-state index contributed by atoms with van der Waals surface area (Å²) in [6.07, 6.45) is 0.531. The van der Waals surface area contributed by atoms with Gasteiger partial charge < -0.3 is 15.7 Å². The van der Waals surface area contributed by atoms with E-state index in [1.807, 2.05) is 13.8 Å². The fourth-order valence-corrected chi connectivity index (χ4v) is 1.79. The summed E-state index contributed by atoms with van der Waals surface area (Å²) in [6, 6.07) is 5.10. The number of hydrogen-bond donors (Lipinski definition) is 3. The van der Waals surface area contributed by atoms with Gasteiger partial charge in [0.1, 0.15) is 0 Å². The molecule has 0 fully saturated rings. The van der Waals surface area contributed by atoms with Crippen LogP contribution in [-0.2, 0) is 0 Å². The van der Waals surface area contributed by atoms with Crippen molar-refractivity contribution in [3.05, 3.63) is 28.8 Å². The average Bonchev–Trinajstić information content (AvgIpc) is 2.32. The van der Waals surface area contributed by atoms with Gasteiger partial charge in [-0.05, 0) is 38.5 Å². The quantitative estimate of drug-likeness (QED) is 0.743. The minimum Gasteiger partial charge on any atom is -0.396 e. The Morgan fingerprint density at radius 1 is 1.50 bits per heavy atom. The Kier molecular flexibility index (Phi) is 5.95. The van der Waals surface area contributed by atoms with Gasteiger partial charge in [0, 0.05) is 29.9 Å². The van der Waals surface area contributed by atoms with Crippen molar-refractivity contribution in [2.24, 2.45) is 0 Å². The second-order valence-corrected chi connectivity index (χ2v) is 4.54. The Bertz CT molecular complexity index is 410. The normalized spacial score (nSPS) is 12.0. The van der Waals surface area contributed by atoms with Crippen LogP contribution in [0.15, 0.2) is 18.2 Å². The molecule has 1 aromatic carbocycles. The summed E-state index contributed by atoms with van der Waals surface area (Å²) < 4.78 is 0. The van der Waals surface area contributed by atoms with Gasteiger partial charge in [0.2, 0.25) is 0 Å². The molecule has 0 unspecified atom stereocenters. The second-order valence-electron chi connectivity index (χ2n) is 4.11. The van der Waals surface area contributed by atoms with Crippen molar-refractivity contribution in [2.45, 2.75) is 26.3 Å². The van der Waals surface area contributed by atoms with Gasteiger partial charge in [-0.3, -0.25) is 4.79 Å². The number of amides is 1. The molecule has 0 radical (unpaired) electrons. The van der Waals surface area contributed by atoms with Gasteiger partial charge in [-0.15, -0.1) is 0 Å². The van der Waals surface area contributed by atoms with E-state index in [1.165, 1.54) is 0 Å². The van der Waals surface area contributed by atoms with Crippen LogP contribution in [-0.4, -0.2) is 30.2 Å². The first-order valence-electron chi connectivity index (χ1n) is 6.03. The van der Waals surface area contributed by atoms with Gasteiger partial charge in [-0.25, -0.2) is 0 Å². The zero-order valence-electron chi connectivity index (χ0n) is 10.7. The molecule has 4 nitrogen and oxygen atoms in total. The molecule has 1 rings (SSSR count). The average molecular weight is 271 g/mol. The van der Waals surface area contributed by atoms with Gasteiger partial charge >= 0.3 is 0 Å². The molecule has 3 N–H and O–H groups in total. The van der Waals surface area contributed by atoms with E-state index >= 15 is 0 Å². The molecule has 1 aromatic rings. The summed E-state index contributed by atoms with van der Waals surface area (Å²) in [6.45, 7) is 4.60. The fourth-order valence-electron chi connectivity index (χ4n) is 1.62. The molecule has 0 heterocycles. The lowest BCUT2D eigenvalue weighted by atomic mass is 10.1. The summed E-state index contributed by atoms with van der Waals surface area (Å²) >= 11 is 5.91. The van der Waals surface area contributed by atoms with Crippen LogP contribution in [0.3, 0.4) is 0 Å². The predicted molar refractivity (Wildman–Crippen MR) is 74.2 cm³/mol. The molecule has 0 aliphatic carbocycles. The van der Waals surface area contributed by atoms with Gasteiger partial charge in [0.15, 0.2) is 0 Å². The molecule has 100 valence electrons. The van der Waals surface area contributed by atoms with Crippen LogP contribution in [0.25, 0.3) is 0 Å². The Labute approximate surface area is 112 Å². The van der Waals surface area contributed by atoms with E-state index in [0.29, 0.717) is 17.0 Å². The molecule has 1 atom stereocenters. The predicted octanol–water partition coefficient (Wildman–Crippen LogP) is 2.27. The number of benzene rings is 1. The molecule has 0 bridgehead atoms. The third-order valence-electron chi connectivity index (χ3n) is 2.53. The van der Waals surface area contributed by atoms with Crippen molar-refractivity contribution >= 4 is 23.2 Å². The summed E-state index contributed by atoms with van der Waals surface area (Å²) in [5, 5.41) is 15.3. The molecule has 1 amide bonds. The third-order valence-corrected chi connectivity index (χ3v) is 2.77. The minimum absolute atomic E-state index is 0.0526. The Hall–Kier alpha value is -1.26. The van der Waals surface area contributed by atoms with Gasteiger partial charge in [0.25, 0.3) is 5.91 Å². The minimum atomic E-state index is -0.186. The van der Waals surface area contributed by atoms with Crippen LogP contribution < -0.4 is 10.6 Å². The van der Waals surface area contributed by atoms with Crippen LogP contribution in [0.1, 0.15) is 30.6 Å². The van der Waals surface area contributed by atoms with Crippen LogP contribution in [0.2, 0.25) is 5.02 Å². The van der Waals surface area contributed by atoms with E-state index in [-0.39, 0.29) is 18.6 Å². The van der Waals surface area contributed by atoms with Crippen LogP contribution in [0, 0.1) is 0 Å². The lowest BCUT2D eigenvalue weighted by Crippen LogP contribution is -2.33. The van der Waals surface area contributed by atoms with Gasteiger partial charge in [0.05, 0.1) is 5.56 Å². The summed E-state index contributed by atoms with van der Waals surface area (Å²) in [5.41, 5.74) is 1.28. The first kappa shape index (κ1) is 14.8. The van der Waals surface area contributed by atoms with E-state index in [4.69, 9.17) is 16.7 Å². The molecule has 0 saturated heterocycles. The van der Waals surface area contributed by atoms with Crippen LogP contribution in [0.4, 0.5) is 5.69 Å². The van der Waals surface area contributed by atoms with Crippen molar-refractivity contribution in [2.75, 3.05) is 18.5 Å². The highest BCUT2D eigenvalue weighted by Gasteiger charge is 2.14. The second kappa shape index (κ2) is 7.24. The number of anilines is 1. The number of aliphatic hydroxyl groups excluding tert-OH is 1. The number of halogens is 1. The monoisotopic (exact) mass is 270 g/mol. The number of aliphatic hydroxyl groups is 1. The Balaban J connectivity index is 2.85. The number of carbonyl (C=O) groups excluding carboxylic acids is 1. The third kappa shape index (κ3) is 4.20. The Morgan fingerprint density at radius 3 is 2.83 bits per heavy atom. The molecular weight excluding hydrogens is 252 g/mol. The highest BCUT2D eigenvalue weighted by Crippen LogP contribution is 2.20. The molecule has 0 aromatic heterocycles. The smallest absolute Gasteiger partial charge is 0.253 e. The van der Waals surface area contributed by atoms with Crippen molar-refractivity contribution in [3.63, 3.8) is 0 Å². The molecular formula is C13H19ClN2O2. The lowest BCUT2D eigenvalue weighted by molar-refractivity contribution is 0.0935. The maximum atomic E-state index is 12.1. The zero-order valence-corrected chi connectivity index (χ0v) is 11.4. The van der Waals surface area contributed by atoms with E-state index in [0.717, 1.165) is 12.2 Å². The SMILES string of the molecule is CCNc1ccc(Cl)cc1C(=O)N[C@H](C)CCO. The number of rotatable bonds is 6. The van der Waals surface area contributed by atoms with Crippen LogP contribution >= 0.6 is 11.6 Å². The molecule has 0 aliphatic heterocycles. The Morgan fingerprint density at radius 2 is 2.22 bits per heavy atom. The maximum Gasteiger partial charge on any atom is 0.253 e. The van der Waals surface area contributed by atoms with Crippen LogP contribution in [0.5, 0.6) is 0 Å². The first-order valence-corrected chi connectivity index (χ1v) is 6.41. The van der Waals surface area contributed by atoms with Gasteiger partial charge in [-0.1, -0.05) is 11.6 Å². The largest absolute Gasteiger partial charge is 0.396 e. The van der Waals surface area contributed by atoms with E-state index < -0.39 is 0 Å². The van der Waals surface area contributed by atoms with Crippen molar-refractivity contribution in [1.82, 2.24) is 5.32 Å². The van der Waals surface area contributed by atoms with E-state index in [1.54, 1.807) is 18.2 Å². The lowest BCUT2D eigenvalue weighted by Gasteiger charge is -2.15. The van der Waals surface area contributed by atoms with Crippen molar-refractivity contribution < 1.29 is 9.90 Å². The molecule has 0 saturated carbocycles. The molecule has 0 aliphatic rings. The number of carbonyl (C=O) groups is 1. The summed E-state index contributed by atoms with van der Waals surface area (Å²) in [5.74, 6) is -0.186. The number of nitrogens with one attached hydrogen (secondary N) is 2. The maximum absolute atomic E-state index is 12.1. The number of hydrogen-bond acceptors (Lipinski definition) is 3. The van der Waals surface area contributed by atoms with Crippen molar-refractivity contribution in [3.8, 4) is 0 Å². The highest BCUT2D eigenvalue weighted by molar-refractivity contribution is 6.31. The topological polar surface area (TPSA) is 61.4 Å². The zero-order chi connectivity index (χ0) is 13.5. The molecule has 18 heavy (non-hydrogen) atoms. The standard InChI is InChI=1S/C13H19ClN2O2/c1-3-15-12-5-4-10(14)8-11(12)13(18)16-9(2)6-7-17/h4-5,8-9,15,17H,3,6-7H2,1-2H3,(H,16,18)/t9-/m1/s1. The van der Waals surface area contributed by atoms with E-state index in [2.05, 4.69) is 10.6 Å². The summed E-state index contributed by atoms with van der Waals surface area (Å²) in [4.78, 5) is 12.1. The van der Waals surface area contributed by atoms with E-state index in [9.17, 15) is 4.79 Å². The summed E-state index contributed by atoms with van der Waals surface area (Å²) in [7, 11) is 0. The molecule has 0 spiro atoms. The highest BCUT2D eigenvalue weighted by atomic mass is 35.5.